The molecule has 0 aromatic rings. The van der Waals surface area contributed by atoms with Gasteiger partial charge in [0.1, 0.15) is 5.60 Å². The number of allylic oxidation sites excluding steroid dienone is 2. The number of esters is 1. The van der Waals surface area contributed by atoms with Crippen molar-refractivity contribution in [1.82, 2.24) is 0 Å². The second-order valence-electron chi connectivity index (χ2n) is 9.86. The fourth-order valence-corrected chi connectivity index (χ4v) is 7.72. The fourth-order valence-electron chi connectivity index (χ4n) is 7.72. The number of rotatable bonds is 0. The van der Waals surface area contributed by atoms with Crippen LogP contribution in [0.15, 0.2) is 36.0 Å². The summed E-state index contributed by atoms with van der Waals surface area (Å²) in [4.78, 5) is 24.1. The van der Waals surface area contributed by atoms with Crippen LogP contribution in [0.25, 0.3) is 0 Å². The van der Waals surface area contributed by atoms with Gasteiger partial charge in [-0.2, -0.15) is 0 Å². The molecule has 4 aliphatic carbocycles. The van der Waals surface area contributed by atoms with E-state index >= 15 is 0 Å². The van der Waals surface area contributed by atoms with Gasteiger partial charge in [-0.05, 0) is 80.3 Å². The van der Waals surface area contributed by atoms with E-state index < -0.39 is 5.60 Å². The van der Waals surface area contributed by atoms with Crippen molar-refractivity contribution in [2.24, 2.45) is 29.1 Å². The minimum atomic E-state index is -0.487. The summed E-state index contributed by atoms with van der Waals surface area (Å²) in [5, 5.41) is 0. The molecule has 27 heavy (non-hydrogen) atoms. The normalized spacial score (nSPS) is 46.5. The maximum Gasteiger partial charge on any atom is 0.307 e. The van der Waals surface area contributed by atoms with Gasteiger partial charge in [0.05, 0.1) is 0 Å². The number of hydrogen-bond acceptors (Lipinski definition) is 3. The third-order valence-corrected chi connectivity index (χ3v) is 8.81. The molecule has 0 unspecified atom stereocenters. The Balaban J connectivity index is 1.53. The van der Waals surface area contributed by atoms with Crippen molar-refractivity contribution in [3.63, 3.8) is 0 Å². The molecule has 0 bridgehead atoms. The SMILES string of the molecule is C=C1C[C@@]2(C)[C@@H](CC[C@]23OC(=O)CCC3=C)[C@@H]2CCC3=CC(=O)CC[C@@H]3[C@@H]12. The van der Waals surface area contributed by atoms with Crippen molar-refractivity contribution >= 4 is 11.8 Å². The molecule has 3 saturated carbocycles. The maximum absolute atomic E-state index is 12.2. The van der Waals surface area contributed by atoms with Crippen LogP contribution in [0.1, 0.15) is 64.7 Å². The highest BCUT2D eigenvalue weighted by Crippen LogP contribution is 2.69. The number of carbonyl (C=O) groups excluding carboxylic acids is 2. The Morgan fingerprint density at radius 3 is 2.70 bits per heavy atom. The quantitative estimate of drug-likeness (QED) is 0.451. The third kappa shape index (κ3) is 2.20. The summed E-state index contributed by atoms with van der Waals surface area (Å²) >= 11 is 0. The largest absolute Gasteiger partial charge is 0.454 e. The predicted octanol–water partition coefficient (Wildman–Crippen LogP) is 4.93. The summed E-state index contributed by atoms with van der Waals surface area (Å²) in [7, 11) is 0. The Morgan fingerprint density at radius 2 is 1.89 bits per heavy atom. The van der Waals surface area contributed by atoms with E-state index in [1.807, 2.05) is 6.08 Å². The van der Waals surface area contributed by atoms with Gasteiger partial charge in [-0.3, -0.25) is 9.59 Å². The van der Waals surface area contributed by atoms with Gasteiger partial charge >= 0.3 is 5.97 Å². The summed E-state index contributed by atoms with van der Waals surface area (Å²) < 4.78 is 6.13. The van der Waals surface area contributed by atoms with Crippen LogP contribution in [0, 0.1) is 29.1 Å². The minimum absolute atomic E-state index is 0.0586. The van der Waals surface area contributed by atoms with E-state index in [4.69, 9.17) is 4.74 Å². The molecule has 5 rings (SSSR count). The third-order valence-electron chi connectivity index (χ3n) is 8.81. The zero-order valence-corrected chi connectivity index (χ0v) is 16.4. The van der Waals surface area contributed by atoms with E-state index in [0.29, 0.717) is 42.3 Å². The molecule has 0 N–H and O–H groups in total. The first kappa shape index (κ1) is 17.5. The number of ether oxygens (including phenoxy) is 1. The van der Waals surface area contributed by atoms with Gasteiger partial charge in [0.15, 0.2) is 5.78 Å². The van der Waals surface area contributed by atoms with Crippen LogP contribution >= 0.6 is 0 Å². The highest BCUT2D eigenvalue weighted by atomic mass is 16.6. The van der Waals surface area contributed by atoms with Gasteiger partial charge in [-0.1, -0.05) is 31.2 Å². The zero-order chi connectivity index (χ0) is 19.0. The Morgan fingerprint density at radius 1 is 1.07 bits per heavy atom. The molecule has 0 aromatic heterocycles. The van der Waals surface area contributed by atoms with Crippen LogP contribution in [0.5, 0.6) is 0 Å². The van der Waals surface area contributed by atoms with Gasteiger partial charge in [0.25, 0.3) is 0 Å². The summed E-state index contributed by atoms with van der Waals surface area (Å²) in [5.74, 6) is 2.40. The van der Waals surface area contributed by atoms with Crippen molar-refractivity contribution in [3.05, 3.63) is 36.0 Å². The van der Waals surface area contributed by atoms with Crippen LogP contribution in [0.2, 0.25) is 0 Å². The molecular weight excluding hydrogens is 336 g/mol. The molecule has 0 aromatic carbocycles. The van der Waals surface area contributed by atoms with Crippen LogP contribution in [-0.4, -0.2) is 17.4 Å². The lowest BCUT2D eigenvalue weighted by Gasteiger charge is -2.58. The average Bonchev–Trinajstić information content (AvgIpc) is 2.90. The molecule has 1 heterocycles. The topological polar surface area (TPSA) is 43.4 Å². The maximum atomic E-state index is 12.2. The molecule has 6 atom stereocenters. The smallest absolute Gasteiger partial charge is 0.307 e. The van der Waals surface area contributed by atoms with E-state index in [1.54, 1.807) is 0 Å². The minimum Gasteiger partial charge on any atom is -0.454 e. The lowest BCUT2D eigenvalue weighted by molar-refractivity contribution is -0.177. The van der Waals surface area contributed by atoms with Crippen molar-refractivity contribution in [3.8, 4) is 0 Å². The summed E-state index contributed by atoms with van der Waals surface area (Å²) in [5.41, 5.74) is 3.25. The Kier molecular flexibility index (Phi) is 3.68. The molecule has 0 amide bonds. The highest BCUT2D eigenvalue weighted by molar-refractivity contribution is 5.91. The molecule has 144 valence electrons. The molecule has 4 fully saturated rings. The molecule has 1 saturated heterocycles. The van der Waals surface area contributed by atoms with Crippen LogP contribution in [-0.2, 0) is 14.3 Å². The first-order chi connectivity index (χ1) is 12.9. The first-order valence-electron chi connectivity index (χ1n) is 10.7. The average molecular weight is 367 g/mol. The number of fused-ring (bicyclic) bond motifs is 6. The van der Waals surface area contributed by atoms with Gasteiger partial charge in [0.2, 0.25) is 0 Å². The van der Waals surface area contributed by atoms with E-state index in [1.165, 1.54) is 11.1 Å². The van der Waals surface area contributed by atoms with Crippen molar-refractivity contribution in [1.29, 1.82) is 0 Å². The van der Waals surface area contributed by atoms with Gasteiger partial charge in [0, 0.05) is 18.3 Å². The van der Waals surface area contributed by atoms with Gasteiger partial charge in [-0.25, -0.2) is 0 Å². The first-order valence-corrected chi connectivity index (χ1v) is 10.7. The molecule has 0 radical (unpaired) electrons. The van der Waals surface area contributed by atoms with Gasteiger partial charge < -0.3 is 4.74 Å². The van der Waals surface area contributed by atoms with E-state index in [2.05, 4.69) is 20.1 Å². The molecule has 1 spiro atoms. The Bertz CT molecular complexity index is 789. The molecule has 5 aliphatic rings. The Labute approximate surface area is 161 Å². The monoisotopic (exact) mass is 366 g/mol. The van der Waals surface area contributed by atoms with Gasteiger partial charge in [-0.15, -0.1) is 0 Å². The predicted molar refractivity (Wildman–Crippen MR) is 104 cm³/mol. The van der Waals surface area contributed by atoms with Crippen LogP contribution in [0.4, 0.5) is 0 Å². The molecule has 3 nitrogen and oxygen atoms in total. The fraction of sp³-hybridized carbons (Fsp3) is 0.667. The number of hydrogen-bond donors (Lipinski definition) is 0. The zero-order valence-electron chi connectivity index (χ0n) is 16.4. The van der Waals surface area contributed by atoms with Crippen LogP contribution in [0.3, 0.4) is 0 Å². The molecule has 1 aliphatic heterocycles. The standard InChI is InChI=1S/C24H30O3/c1-14-13-23(3)20(10-11-24(23)15(2)4-9-21(26)27-24)19-7-5-16-12-17(25)6-8-18(16)22(14)19/h12,18-20,22H,1-2,4-11,13H2,3H3/t18-,19-,20-,22+,23-,24+/m0/s1. The lowest BCUT2D eigenvalue weighted by atomic mass is 9.48. The summed E-state index contributed by atoms with van der Waals surface area (Å²) in [6.45, 7) is 11.3. The van der Waals surface area contributed by atoms with Crippen molar-refractivity contribution in [2.45, 2.75) is 70.3 Å². The number of carbonyl (C=O) groups is 2. The van der Waals surface area contributed by atoms with Crippen LogP contribution < -0.4 is 0 Å². The van der Waals surface area contributed by atoms with E-state index in [0.717, 1.165) is 50.5 Å². The lowest BCUT2D eigenvalue weighted by Crippen LogP contribution is -2.56. The second kappa shape index (κ2) is 5.68. The Hall–Kier alpha value is -1.64. The van der Waals surface area contributed by atoms with E-state index in [9.17, 15) is 9.59 Å². The highest BCUT2D eigenvalue weighted by Gasteiger charge is 2.67. The summed E-state index contributed by atoms with van der Waals surface area (Å²) in [6, 6.07) is 0. The number of ketones is 1. The second-order valence-corrected chi connectivity index (χ2v) is 9.86. The molecule has 3 heteroatoms. The summed E-state index contributed by atoms with van der Waals surface area (Å²) in [6.07, 6.45) is 9.98. The van der Waals surface area contributed by atoms with Crippen molar-refractivity contribution in [2.75, 3.05) is 0 Å². The van der Waals surface area contributed by atoms with Crippen molar-refractivity contribution < 1.29 is 14.3 Å². The van der Waals surface area contributed by atoms with E-state index in [-0.39, 0.29) is 11.4 Å². The molecular formula is C24H30O3.